The van der Waals surface area contributed by atoms with E-state index in [1.807, 2.05) is 4.90 Å². The first kappa shape index (κ1) is 18.9. The predicted octanol–water partition coefficient (Wildman–Crippen LogP) is 1.57. The summed E-state index contributed by atoms with van der Waals surface area (Å²) in [6.45, 7) is 0.448. The molecule has 9 heteroatoms. The number of aryl methyl sites for hydroxylation is 1. The van der Waals surface area contributed by atoms with E-state index in [2.05, 4.69) is 10.6 Å². The molecular weight excluding hydrogens is 388 g/mol. The standard InChI is InChI=1S/C21H24N4O5/c1-22-19(28)23-14-3-5-16-13(9-14)6-7-21(16)18(27)25(20(29)30-21)11-17(26)24-10-12-2-4-15(24)8-12/h3,5,9,12,15H,2,4,6-8,10-11H2,1H3,(H2,22,23,28). The van der Waals surface area contributed by atoms with Crippen molar-refractivity contribution in [3.63, 3.8) is 0 Å². The second kappa shape index (κ2) is 6.72. The van der Waals surface area contributed by atoms with Crippen LogP contribution in [-0.2, 0) is 26.3 Å². The summed E-state index contributed by atoms with van der Waals surface area (Å²) in [6, 6.07) is 5.07. The van der Waals surface area contributed by atoms with Crippen LogP contribution in [0.15, 0.2) is 18.2 Å². The van der Waals surface area contributed by atoms with Crippen molar-refractivity contribution in [2.75, 3.05) is 25.5 Å². The number of nitrogens with zero attached hydrogens (tertiary/aromatic N) is 2. The van der Waals surface area contributed by atoms with Crippen LogP contribution in [-0.4, -0.2) is 59.9 Å². The maximum absolute atomic E-state index is 13.3. The number of anilines is 1. The molecule has 0 radical (unpaired) electrons. The van der Waals surface area contributed by atoms with Gasteiger partial charge in [-0.1, -0.05) is 6.07 Å². The number of hydrogen-bond donors (Lipinski definition) is 2. The summed E-state index contributed by atoms with van der Waals surface area (Å²) in [4.78, 5) is 52.9. The Morgan fingerprint density at radius 3 is 2.80 bits per heavy atom. The van der Waals surface area contributed by atoms with E-state index in [0.29, 0.717) is 30.0 Å². The van der Waals surface area contributed by atoms with E-state index in [1.54, 1.807) is 18.2 Å². The fourth-order valence-electron chi connectivity index (χ4n) is 5.38. The number of piperidine rings is 1. The molecule has 3 fully saturated rings. The van der Waals surface area contributed by atoms with Crippen molar-refractivity contribution in [2.24, 2.45) is 5.92 Å². The summed E-state index contributed by atoms with van der Waals surface area (Å²) < 4.78 is 5.60. The molecule has 158 valence electrons. The van der Waals surface area contributed by atoms with Gasteiger partial charge in [0.15, 0.2) is 0 Å². The molecular formula is C21H24N4O5. The summed E-state index contributed by atoms with van der Waals surface area (Å²) in [5.74, 6) is -0.116. The molecule has 2 saturated heterocycles. The molecule has 1 aromatic rings. The summed E-state index contributed by atoms with van der Waals surface area (Å²) in [5, 5.41) is 5.18. The summed E-state index contributed by atoms with van der Waals surface area (Å²) in [6.07, 6.45) is 3.27. The minimum Gasteiger partial charge on any atom is -0.427 e. The second-order valence-corrected chi connectivity index (χ2v) is 8.54. The largest absolute Gasteiger partial charge is 0.427 e. The first-order valence-corrected chi connectivity index (χ1v) is 10.4. The topological polar surface area (TPSA) is 108 Å². The quantitative estimate of drug-likeness (QED) is 0.784. The van der Waals surface area contributed by atoms with Gasteiger partial charge < -0.3 is 20.3 Å². The van der Waals surface area contributed by atoms with Gasteiger partial charge in [0.2, 0.25) is 11.5 Å². The molecule has 1 spiro atoms. The molecule has 30 heavy (non-hydrogen) atoms. The monoisotopic (exact) mass is 412 g/mol. The van der Waals surface area contributed by atoms with Gasteiger partial charge in [0, 0.05) is 37.3 Å². The lowest BCUT2D eigenvalue weighted by Gasteiger charge is -2.28. The van der Waals surface area contributed by atoms with E-state index in [-0.39, 0.29) is 24.5 Å². The summed E-state index contributed by atoms with van der Waals surface area (Å²) in [7, 11) is 1.53. The van der Waals surface area contributed by atoms with E-state index in [4.69, 9.17) is 4.74 Å². The Morgan fingerprint density at radius 2 is 2.10 bits per heavy atom. The highest BCUT2D eigenvalue weighted by molar-refractivity contribution is 6.06. The van der Waals surface area contributed by atoms with Gasteiger partial charge in [0.05, 0.1) is 0 Å². The molecule has 2 heterocycles. The molecule has 2 N–H and O–H groups in total. The number of ether oxygens (including phenoxy) is 1. The lowest BCUT2D eigenvalue weighted by Crippen LogP contribution is -2.46. The van der Waals surface area contributed by atoms with Crippen molar-refractivity contribution in [1.29, 1.82) is 0 Å². The first-order valence-electron chi connectivity index (χ1n) is 10.4. The molecule has 5 rings (SSSR count). The molecule has 1 saturated carbocycles. The molecule has 3 atom stereocenters. The van der Waals surface area contributed by atoms with Crippen molar-refractivity contribution < 1.29 is 23.9 Å². The maximum atomic E-state index is 13.3. The minimum atomic E-state index is -1.37. The lowest BCUT2D eigenvalue weighted by molar-refractivity contribution is -0.142. The normalized spacial score (nSPS) is 28.8. The highest BCUT2D eigenvalue weighted by atomic mass is 16.6. The van der Waals surface area contributed by atoms with Crippen LogP contribution in [0.2, 0.25) is 0 Å². The number of likely N-dealkylation sites (tertiary alicyclic amines) is 1. The van der Waals surface area contributed by atoms with E-state index in [0.717, 1.165) is 36.3 Å². The average molecular weight is 412 g/mol. The van der Waals surface area contributed by atoms with Gasteiger partial charge in [-0.25, -0.2) is 14.5 Å². The number of hydrogen-bond acceptors (Lipinski definition) is 5. The SMILES string of the molecule is CNC(=O)Nc1ccc2c(c1)CCC21OC(=O)N(CC(=O)N2CC3CCC2C3)C1=O. The Bertz CT molecular complexity index is 963. The van der Waals surface area contributed by atoms with Crippen LogP contribution in [0.5, 0.6) is 0 Å². The van der Waals surface area contributed by atoms with Gasteiger partial charge in [0.25, 0.3) is 5.91 Å². The summed E-state index contributed by atoms with van der Waals surface area (Å²) >= 11 is 0. The van der Waals surface area contributed by atoms with Crippen molar-refractivity contribution >= 4 is 29.6 Å². The highest BCUT2D eigenvalue weighted by Gasteiger charge is 2.58. The Balaban J connectivity index is 1.35. The van der Waals surface area contributed by atoms with Crippen molar-refractivity contribution in [2.45, 2.75) is 43.7 Å². The fraction of sp³-hybridized carbons (Fsp3) is 0.524. The molecule has 2 bridgehead atoms. The van der Waals surface area contributed by atoms with E-state index in [9.17, 15) is 19.2 Å². The molecule has 2 aliphatic heterocycles. The Kier molecular flexibility index (Phi) is 4.23. The number of rotatable bonds is 3. The number of carbonyl (C=O) groups excluding carboxylic acids is 4. The third kappa shape index (κ3) is 2.75. The minimum absolute atomic E-state index is 0.187. The van der Waals surface area contributed by atoms with Crippen LogP contribution in [0, 0.1) is 5.92 Å². The molecule has 5 amide bonds. The average Bonchev–Trinajstić information content (AvgIpc) is 3.49. The zero-order valence-corrected chi connectivity index (χ0v) is 16.8. The number of amides is 5. The van der Waals surface area contributed by atoms with Crippen LogP contribution in [0.1, 0.15) is 36.8 Å². The van der Waals surface area contributed by atoms with Gasteiger partial charge in [-0.3, -0.25) is 9.59 Å². The maximum Gasteiger partial charge on any atom is 0.418 e. The van der Waals surface area contributed by atoms with Gasteiger partial charge >= 0.3 is 12.1 Å². The molecule has 3 unspecified atom stereocenters. The van der Waals surface area contributed by atoms with E-state index >= 15 is 0 Å². The molecule has 0 aromatic heterocycles. The fourth-order valence-corrected chi connectivity index (χ4v) is 5.38. The van der Waals surface area contributed by atoms with Crippen LogP contribution in [0.4, 0.5) is 15.3 Å². The predicted molar refractivity (Wildman–Crippen MR) is 106 cm³/mol. The molecule has 4 aliphatic rings. The Morgan fingerprint density at radius 1 is 1.27 bits per heavy atom. The van der Waals surface area contributed by atoms with Crippen LogP contribution in [0.25, 0.3) is 0 Å². The second-order valence-electron chi connectivity index (χ2n) is 8.54. The van der Waals surface area contributed by atoms with Gasteiger partial charge in [0.1, 0.15) is 6.54 Å². The molecule has 9 nitrogen and oxygen atoms in total. The van der Waals surface area contributed by atoms with Crippen LogP contribution >= 0.6 is 0 Å². The number of carbonyl (C=O) groups is 4. The zero-order chi connectivity index (χ0) is 21.0. The van der Waals surface area contributed by atoms with Crippen LogP contribution in [0.3, 0.4) is 0 Å². The number of benzene rings is 1. The van der Waals surface area contributed by atoms with Crippen molar-refractivity contribution in [3.05, 3.63) is 29.3 Å². The van der Waals surface area contributed by atoms with Gasteiger partial charge in [-0.15, -0.1) is 0 Å². The third-order valence-electron chi connectivity index (χ3n) is 6.87. The third-order valence-corrected chi connectivity index (χ3v) is 6.87. The highest BCUT2D eigenvalue weighted by Crippen LogP contribution is 2.46. The van der Waals surface area contributed by atoms with E-state index < -0.39 is 17.6 Å². The molecule has 1 aromatic carbocycles. The molecule has 2 aliphatic carbocycles. The zero-order valence-electron chi connectivity index (χ0n) is 16.8. The van der Waals surface area contributed by atoms with Gasteiger partial charge in [-0.2, -0.15) is 0 Å². The number of nitrogens with one attached hydrogen (secondary N) is 2. The number of imide groups is 1. The smallest absolute Gasteiger partial charge is 0.418 e. The number of fused-ring (bicyclic) bond motifs is 4. The Labute approximate surface area is 173 Å². The Hall–Kier alpha value is -3.10. The number of urea groups is 1. The van der Waals surface area contributed by atoms with Crippen LogP contribution < -0.4 is 10.6 Å². The first-order chi connectivity index (χ1) is 14.4. The van der Waals surface area contributed by atoms with Gasteiger partial charge in [-0.05, 0) is 49.3 Å². The summed E-state index contributed by atoms with van der Waals surface area (Å²) in [5.41, 5.74) is 0.689. The van der Waals surface area contributed by atoms with Crippen molar-refractivity contribution in [3.8, 4) is 0 Å². The van der Waals surface area contributed by atoms with E-state index in [1.165, 1.54) is 7.05 Å². The van der Waals surface area contributed by atoms with Crippen molar-refractivity contribution in [1.82, 2.24) is 15.1 Å². The lowest BCUT2D eigenvalue weighted by atomic mass is 9.94.